The quantitative estimate of drug-likeness (QED) is 0.755. The first-order chi connectivity index (χ1) is 8.92. The molecule has 0 atom stereocenters. The van der Waals surface area contributed by atoms with E-state index in [1.807, 2.05) is 36.5 Å². The predicted octanol–water partition coefficient (Wildman–Crippen LogP) is 2.03. The van der Waals surface area contributed by atoms with Crippen LogP contribution in [-0.2, 0) is 6.54 Å². The van der Waals surface area contributed by atoms with Gasteiger partial charge in [-0.25, -0.2) is 19.9 Å². The molecule has 1 N–H and O–H groups in total. The summed E-state index contributed by atoms with van der Waals surface area (Å²) in [6, 6.07) is 9.74. The first-order valence-corrected chi connectivity index (χ1v) is 5.62. The maximum atomic E-state index is 4.42. The van der Waals surface area contributed by atoms with Gasteiger partial charge in [0.05, 0.1) is 17.8 Å². The minimum atomic E-state index is 0.584. The molecule has 88 valence electrons. The molecule has 3 aromatic rings. The molecule has 2 heterocycles. The average molecular weight is 237 g/mol. The fourth-order valence-corrected chi connectivity index (χ4v) is 1.65. The second-order valence-corrected chi connectivity index (χ2v) is 3.81. The molecule has 0 amide bonds. The average Bonchev–Trinajstić information content (AvgIpc) is 2.46. The van der Waals surface area contributed by atoms with Gasteiger partial charge in [0, 0.05) is 17.8 Å². The van der Waals surface area contributed by atoms with Crippen LogP contribution in [0.5, 0.6) is 0 Å². The summed E-state index contributed by atoms with van der Waals surface area (Å²) in [5.74, 6) is 0.604. The Kier molecular flexibility index (Phi) is 2.79. The zero-order valence-corrected chi connectivity index (χ0v) is 9.61. The van der Waals surface area contributed by atoms with Gasteiger partial charge in [-0.1, -0.05) is 18.2 Å². The maximum absolute atomic E-state index is 4.42. The van der Waals surface area contributed by atoms with Crippen molar-refractivity contribution in [3.8, 4) is 0 Å². The maximum Gasteiger partial charge on any atom is 0.223 e. The van der Waals surface area contributed by atoms with Crippen molar-refractivity contribution >= 4 is 16.9 Å². The highest BCUT2D eigenvalue weighted by atomic mass is 15.1. The van der Waals surface area contributed by atoms with Gasteiger partial charge in [0.1, 0.15) is 6.33 Å². The van der Waals surface area contributed by atoms with Crippen molar-refractivity contribution in [1.82, 2.24) is 19.9 Å². The van der Waals surface area contributed by atoms with E-state index in [0.29, 0.717) is 12.5 Å². The van der Waals surface area contributed by atoms with E-state index in [-0.39, 0.29) is 0 Å². The molecule has 2 aromatic heterocycles. The van der Waals surface area contributed by atoms with Crippen LogP contribution in [0.15, 0.2) is 49.1 Å². The number of benzene rings is 1. The smallest absolute Gasteiger partial charge is 0.223 e. The number of fused-ring (bicyclic) bond motifs is 1. The monoisotopic (exact) mass is 237 g/mol. The van der Waals surface area contributed by atoms with Crippen LogP contribution < -0.4 is 5.32 Å². The molecule has 3 rings (SSSR count). The highest BCUT2D eigenvalue weighted by Gasteiger charge is 1.99. The standard InChI is InChI=1S/C13H11N5/c1-2-4-12-10(3-1)7-15-13(18-12)16-8-11-5-6-14-9-17-11/h1-7,9H,8H2,(H,15,16,18). The second-order valence-electron chi connectivity index (χ2n) is 3.81. The predicted molar refractivity (Wildman–Crippen MR) is 68.9 cm³/mol. The summed E-state index contributed by atoms with van der Waals surface area (Å²) >= 11 is 0. The van der Waals surface area contributed by atoms with Gasteiger partial charge in [0.15, 0.2) is 0 Å². The van der Waals surface area contributed by atoms with Gasteiger partial charge in [-0.05, 0) is 12.1 Å². The van der Waals surface area contributed by atoms with Crippen LogP contribution in [0.2, 0.25) is 0 Å². The fraction of sp³-hybridized carbons (Fsp3) is 0.0769. The van der Waals surface area contributed by atoms with Crippen molar-refractivity contribution in [1.29, 1.82) is 0 Å². The Morgan fingerprint density at radius 1 is 1.06 bits per heavy atom. The molecular formula is C13H11N5. The minimum Gasteiger partial charge on any atom is -0.349 e. The van der Waals surface area contributed by atoms with E-state index in [0.717, 1.165) is 16.6 Å². The Morgan fingerprint density at radius 2 is 2.00 bits per heavy atom. The number of aromatic nitrogens is 4. The molecule has 0 bridgehead atoms. The van der Waals surface area contributed by atoms with E-state index in [1.54, 1.807) is 6.20 Å². The fourth-order valence-electron chi connectivity index (χ4n) is 1.65. The van der Waals surface area contributed by atoms with Gasteiger partial charge >= 0.3 is 0 Å². The molecule has 0 radical (unpaired) electrons. The van der Waals surface area contributed by atoms with Crippen LogP contribution >= 0.6 is 0 Å². The number of hydrogen-bond acceptors (Lipinski definition) is 5. The van der Waals surface area contributed by atoms with E-state index < -0.39 is 0 Å². The molecule has 0 aliphatic rings. The largest absolute Gasteiger partial charge is 0.349 e. The van der Waals surface area contributed by atoms with Gasteiger partial charge in [-0.2, -0.15) is 0 Å². The Balaban J connectivity index is 1.79. The summed E-state index contributed by atoms with van der Waals surface area (Å²) in [6.45, 7) is 0.584. The molecule has 0 aliphatic carbocycles. The highest BCUT2D eigenvalue weighted by molar-refractivity contribution is 5.78. The molecule has 0 aliphatic heterocycles. The summed E-state index contributed by atoms with van der Waals surface area (Å²) in [4.78, 5) is 16.7. The first-order valence-electron chi connectivity index (χ1n) is 5.62. The Morgan fingerprint density at radius 3 is 2.89 bits per heavy atom. The lowest BCUT2D eigenvalue weighted by Crippen LogP contribution is -2.04. The molecule has 1 aromatic carbocycles. The zero-order chi connectivity index (χ0) is 12.2. The number of hydrogen-bond donors (Lipinski definition) is 1. The lowest BCUT2D eigenvalue weighted by molar-refractivity contribution is 0.983. The molecule has 18 heavy (non-hydrogen) atoms. The lowest BCUT2D eigenvalue weighted by Gasteiger charge is -2.04. The molecule has 0 saturated heterocycles. The summed E-state index contributed by atoms with van der Waals surface area (Å²) < 4.78 is 0. The van der Waals surface area contributed by atoms with Gasteiger partial charge in [0.25, 0.3) is 0 Å². The molecule has 0 fully saturated rings. The topological polar surface area (TPSA) is 63.6 Å². The third-order valence-corrected chi connectivity index (χ3v) is 2.56. The lowest BCUT2D eigenvalue weighted by atomic mass is 10.2. The number of rotatable bonds is 3. The van der Waals surface area contributed by atoms with E-state index in [1.165, 1.54) is 6.33 Å². The van der Waals surface area contributed by atoms with Crippen molar-refractivity contribution in [2.75, 3.05) is 5.32 Å². The van der Waals surface area contributed by atoms with Crippen LogP contribution in [0.3, 0.4) is 0 Å². The minimum absolute atomic E-state index is 0.584. The summed E-state index contributed by atoms with van der Waals surface area (Å²) in [5.41, 5.74) is 1.83. The summed E-state index contributed by atoms with van der Waals surface area (Å²) in [6.07, 6.45) is 5.05. The molecule has 0 saturated carbocycles. The second kappa shape index (κ2) is 4.75. The molecular weight excluding hydrogens is 226 g/mol. The van der Waals surface area contributed by atoms with Crippen LogP contribution in [0.4, 0.5) is 5.95 Å². The van der Waals surface area contributed by atoms with Crippen LogP contribution in [0, 0.1) is 0 Å². The van der Waals surface area contributed by atoms with Crippen molar-refractivity contribution < 1.29 is 0 Å². The van der Waals surface area contributed by atoms with Crippen LogP contribution in [0.25, 0.3) is 10.9 Å². The first kappa shape index (κ1) is 10.6. The van der Waals surface area contributed by atoms with Crippen molar-refractivity contribution in [3.05, 3.63) is 54.7 Å². The third-order valence-electron chi connectivity index (χ3n) is 2.56. The summed E-state index contributed by atoms with van der Waals surface area (Å²) in [7, 11) is 0. The van der Waals surface area contributed by atoms with Gasteiger partial charge in [-0.15, -0.1) is 0 Å². The van der Waals surface area contributed by atoms with Gasteiger partial charge < -0.3 is 5.32 Å². The third kappa shape index (κ3) is 2.24. The number of para-hydroxylation sites is 1. The van der Waals surface area contributed by atoms with Crippen molar-refractivity contribution in [2.45, 2.75) is 6.54 Å². The molecule has 0 unspecified atom stereocenters. The SMILES string of the molecule is c1ccc2nc(NCc3ccncn3)ncc2c1. The van der Waals surface area contributed by atoms with Gasteiger partial charge in [0.2, 0.25) is 5.95 Å². The number of nitrogens with zero attached hydrogens (tertiary/aromatic N) is 4. The normalized spacial score (nSPS) is 10.4. The Hall–Kier alpha value is -2.56. The van der Waals surface area contributed by atoms with Crippen molar-refractivity contribution in [2.24, 2.45) is 0 Å². The van der Waals surface area contributed by atoms with E-state index >= 15 is 0 Å². The summed E-state index contributed by atoms with van der Waals surface area (Å²) in [5, 5.41) is 4.17. The molecule has 5 nitrogen and oxygen atoms in total. The van der Waals surface area contributed by atoms with E-state index in [9.17, 15) is 0 Å². The Labute approximate surface area is 104 Å². The van der Waals surface area contributed by atoms with Gasteiger partial charge in [-0.3, -0.25) is 0 Å². The van der Waals surface area contributed by atoms with Crippen LogP contribution in [0.1, 0.15) is 5.69 Å². The zero-order valence-electron chi connectivity index (χ0n) is 9.61. The number of anilines is 1. The highest BCUT2D eigenvalue weighted by Crippen LogP contribution is 2.11. The van der Waals surface area contributed by atoms with E-state index in [4.69, 9.17) is 0 Å². The molecule has 5 heteroatoms. The Bertz CT molecular complexity index is 654. The molecule has 0 spiro atoms. The van der Waals surface area contributed by atoms with Crippen molar-refractivity contribution in [3.63, 3.8) is 0 Å². The number of nitrogens with one attached hydrogen (secondary N) is 1. The van der Waals surface area contributed by atoms with Crippen LogP contribution in [-0.4, -0.2) is 19.9 Å². The van der Waals surface area contributed by atoms with E-state index in [2.05, 4.69) is 25.3 Å².